The molecular weight excluding hydrogens is 366 g/mol. The third-order valence-electron chi connectivity index (χ3n) is 4.54. The van der Waals surface area contributed by atoms with Gasteiger partial charge in [0, 0.05) is 28.5 Å². The fourth-order valence-electron chi connectivity index (χ4n) is 3.63. The van der Waals surface area contributed by atoms with Crippen LogP contribution in [0.5, 0.6) is 0 Å². The molecule has 5 rings (SSSR count). The van der Waals surface area contributed by atoms with Crippen LogP contribution in [0.15, 0.2) is 21.7 Å². The van der Waals surface area contributed by atoms with E-state index in [0.29, 0.717) is 21.5 Å². The van der Waals surface area contributed by atoms with E-state index < -0.39 is 0 Å². The van der Waals surface area contributed by atoms with Crippen LogP contribution in [0.3, 0.4) is 0 Å². The molecule has 0 radical (unpaired) electrons. The van der Waals surface area contributed by atoms with Gasteiger partial charge in [0.25, 0.3) is 0 Å². The lowest BCUT2D eigenvalue weighted by molar-refractivity contribution is 0.0346. The van der Waals surface area contributed by atoms with Crippen LogP contribution in [0.4, 0.5) is 0 Å². The minimum absolute atomic E-state index is 0.000394. The maximum absolute atomic E-state index is 12.1. The van der Waals surface area contributed by atoms with Crippen molar-refractivity contribution in [2.75, 3.05) is 0 Å². The van der Waals surface area contributed by atoms with Crippen molar-refractivity contribution in [3.05, 3.63) is 33.1 Å². The maximum Gasteiger partial charge on any atom is 0.347 e. The number of halogens is 2. The average molecular weight is 377 g/mol. The molecule has 5 nitrogen and oxygen atoms in total. The van der Waals surface area contributed by atoms with Gasteiger partial charge in [-0.05, 0) is 0 Å². The molecule has 4 aliphatic rings. The van der Waals surface area contributed by atoms with Gasteiger partial charge in [0.1, 0.15) is 0 Å². The summed E-state index contributed by atoms with van der Waals surface area (Å²) >= 11 is 7.36. The molecule has 1 saturated carbocycles. The minimum Gasteiger partial charge on any atom is -0.246 e. The minimum atomic E-state index is -0.212. The van der Waals surface area contributed by atoms with Crippen molar-refractivity contribution in [3.8, 4) is 0 Å². The van der Waals surface area contributed by atoms with Gasteiger partial charge in [0.2, 0.25) is 0 Å². The van der Waals surface area contributed by atoms with Crippen LogP contribution in [0.2, 0.25) is 0 Å². The van der Waals surface area contributed by atoms with Gasteiger partial charge in [-0.15, -0.1) is 0 Å². The summed E-state index contributed by atoms with van der Waals surface area (Å²) in [5.41, 5.74) is -0.425. The number of hydrogen-bond acceptors (Lipinski definition) is 2. The second kappa shape index (κ2) is 3.30. The van der Waals surface area contributed by atoms with E-state index in [-0.39, 0.29) is 23.5 Å². The highest BCUT2D eigenvalue weighted by Crippen LogP contribution is 2.59. The average Bonchev–Trinajstić information content (AvgIpc) is 2.64. The Labute approximate surface area is 119 Å². The Morgan fingerprint density at radius 2 is 1.33 bits per heavy atom. The van der Waals surface area contributed by atoms with Crippen LogP contribution in [0.25, 0.3) is 0 Å². The zero-order valence-electron chi connectivity index (χ0n) is 9.53. The molecule has 2 aliphatic carbocycles. The largest absolute Gasteiger partial charge is 0.347 e. The van der Waals surface area contributed by atoms with E-state index in [0.717, 1.165) is 0 Å². The molecule has 2 bridgehead atoms. The van der Waals surface area contributed by atoms with Crippen LogP contribution >= 0.6 is 31.9 Å². The van der Waals surface area contributed by atoms with Crippen molar-refractivity contribution in [3.63, 3.8) is 0 Å². The molecule has 0 amide bonds. The lowest BCUT2D eigenvalue weighted by atomic mass is 9.62. The highest BCUT2D eigenvalue weighted by molar-refractivity contribution is 9.12. The third-order valence-corrected chi connectivity index (χ3v) is 7.61. The van der Waals surface area contributed by atoms with Gasteiger partial charge in [0.15, 0.2) is 0 Å². The summed E-state index contributed by atoms with van der Waals surface area (Å²) in [6.45, 7) is 0. The van der Waals surface area contributed by atoms with Crippen LogP contribution in [-0.4, -0.2) is 23.6 Å². The summed E-state index contributed by atoms with van der Waals surface area (Å²) in [5, 5.41) is 0. The smallest absolute Gasteiger partial charge is 0.246 e. The summed E-state index contributed by atoms with van der Waals surface area (Å²) < 4.78 is 4.45. The van der Waals surface area contributed by atoms with E-state index in [1.165, 1.54) is 4.57 Å². The normalized spacial score (nSPS) is 43.5. The van der Waals surface area contributed by atoms with Gasteiger partial charge in [-0.2, -0.15) is 0 Å². The Kier molecular flexibility index (Phi) is 2.07. The number of nitrogens with zero attached hydrogens (tertiary/aromatic N) is 3. The highest BCUT2D eigenvalue weighted by Gasteiger charge is 2.60. The fourth-order valence-corrected chi connectivity index (χ4v) is 5.66. The molecule has 0 N–H and O–H groups in total. The Bertz CT molecular complexity index is 630. The maximum atomic E-state index is 12.1. The highest BCUT2D eigenvalue weighted by atomic mass is 79.9. The van der Waals surface area contributed by atoms with Crippen molar-refractivity contribution >= 4 is 31.9 Å². The molecule has 3 heterocycles. The Morgan fingerprint density at radius 1 is 0.944 bits per heavy atom. The molecule has 0 aromatic carbocycles. The van der Waals surface area contributed by atoms with Gasteiger partial charge >= 0.3 is 11.4 Å². The number of rotatable bonds is 0. The monoisotopic (exact) mass is 375 g/mol. The van der Waals surface area contributed by atoms with Gasteiger partial charge in [0.05, 0.1) is 12.1 Å². The Morgan fingerprint density at radius 3 is 1.72 bits per heavy atom. The molecule has 1 aromatic rings. The number of hydrogen-bond donors (Lipinski definition) is 0. The van der Waals surface area contributed by atoms with Crippen molar-refractivity contribution in [1.29, 1.82) is 0 Å². The first-order chi connectivity index (χ1) is 8.54. The zero-order chi connectivity index (χ0) is 12.8. The predicted molar refractivity (Wildman–Crippen MR) is 73.6 cm³/mol. The lowest BCUT2D eigenvalue weighted by Gasteiger charge is -2.58. The Hall–Kier alpha value is -0.560. The van der Waals surface area contributed by atoms with Gasteiger partial charge in [-0.3, -0.25) is 0 Å². The predicted octanol–water partition coefficient (Wildman–Crippen LogP) is 0.787. The van der Waals surface area contributed by atoms with Crippen molar-refractivity contribution in [2.24, 2.45) is 18.9 Å². The molecule has 0 unspecified atom stereocenters. The summed E-state index contributed by atoms with van der Waals surface area (Å²) in [6.07, 6.45) is 4.14. The first kappa shape index (κ1) is 11.3. The molecule has 7 heteroatoms. The van der Waals surface area contributed by atoms with E-state index in [1.807, 2.05) is 0 Å². The molecule has 96 valence electrons. The van der Waals surface area contributed by atoms with Crippen molar-refractivity contribution < 1.29 is 0 Å². The van der Waals surface area contributed by atoms with Gasteiger partial charge in [-0.25, -0.2) is 23.5 Å². The van der Waals surface area contributed by atoms with E-state index >= 15 is 0 Å². The molecule has 1 aromatic heterocycles. The summed E-state index contributed by atoms with van der Waals surface area (Å²) in [5.74, 6) is 0.785. The first-order valence-corrected chi connectivity index (χ1v) is 7.73. The van der Waals surface area contributed by atoms with Crippen molar-refractivity contribution in [2.45, 2.75) is 21.7 Å². The first-order valence-electron chi connectivity index (χ1n) is 5.90. The zero-order valence-corrected chi connectivity index (χ0v) is 12.7. The van der Waals surface area contributed by atoms with Gasteiger partial charge in [-0.1, -0.05) is 44.0 Å². The summed E-state index contributed by atoms with van der Waals surface area (Å²) in [7, 11) is 1.54. The van der Waals surface area contributed by atoms with Crippen LogP contribution < -0.4 is 11.4 Å². The molecular formula is C11H11Br2N3O2. The summed E-state index contributed by atoms with van der Waals surface area (Å²) in [6, 6.07) is -0.000787. The quantitative estimate of drug-likeness (QED) is 0.496. The lowest BCUT2D eigenvalue weighted by Crippen LogP contribution is -2.63. The summed E-state index contributed by atoms with van der Waals surface area (Å²) in [4.78, 5) is 25.0. The molecule has 1 fully saturated rings. The molecule has 6 atom stereocenters. The second-order valence-electron chi connectivity index (χ2n) is 5.22. The molecule has 18 heavy (non-hydrogen) atoms. The van der Waals surface area contributed by atoms with E-state index in [9.17, 15) is 9.59 Å². The molecule has 0 spiro atoms. The number of aromatic nitrogens is 3. The fraction of sp³-hybridized carbons (Fsp3) is 0.636. The SMILES string of the molecule is Cn1c(=O)n2n(c1=O)[C@H]1C=C[C@H]2[C@@H]2[C@H](Br)[C@H](Br)[C@H]21. The third kappa shape index (κ3) is 1.01. The Balaban J connectivity index is 2.02. The van der Waals surface area contributed by atoms with Crippen molar-refractivity contribution in [1.82, 2.24) is 13.9 Å². The number of alkyl halides is 2. The van der Waals surface area contributed by atoms with Crippen LogP contribution in [0.1, 0.15) is 12.1 Å². The standard InChI is InChI=1S/C11H11Br2N3O2/c1-14-10(17)15-4-2-3-5(16(15)11(14)18)7-6(4)8(12)9(7)13/h2-9H,1H3/t4-,5-,6-,7-,8-,9+/m0/s1. The van der Waals surface area contributed by atoms with E-state index in [1.54, 1.807) is 16.4 Å². The topological polar surface area (TPSA) is 48.9 Å². The van der Waals surface area contributed by atoms with E-state index in [2.05, 4.69) is 44.0 Å². The molecule has 2 aliphatic heterocycles. The number of allylic oxidation sites excluding steroid dienone is 2. The van der Waals surface area contributed by atoms with E-state index in [4.69, 9.17) is 0 Å². The molecule has 0 saturated heterocycles. The van der Waals surface area contributed by atoms with Crippen LogP contribution in [0, 0.1) is 11.8 Å². The second-order valence-corrected chi connectivity index (χ2v) is 7.34. The van der Waals surface area contributed by atoms with Crippen LogP contribution in [-0.2, 0) is 7.05 Å². The van der Waals surface area contributed by atoms with Gasteiger partial charge < -0.3 is 0 Å².